The monoisotopic (exact) mass is 437 g/mol. The van der Waals surface area contributed by atoms with Crippen LogP contribution in [-0.4, -0.2) is 17.6 Å². The summed E-state index contributed by atoms with van der Waals surface area (Å²) in [7, 11) is 0. The van der Waals surface area contributed by atoms with Crippen molar-refractivity contribution in [2.24, 2.45) is 0 Å². The Morgan fingerprint density at radius 1 is 1.10 bits per heavy atom. The molecule has 0 bridgehead atoms. The smallest absolute Gasteiger partial charge is 0.362 e. The van der Waals surface area contributed by atoms with Crippen molar-refractivity contribution in [3.63, 3.8) is 0 Å². The number of carbonyl (C=O) groups is 1. The second-order valence-electron chi connectivity index (χ2n) is 6.96. The Hall–Kier alpha value is -3.58. The molecule has 8 heteroatoms. The predicted molar refractivity (Wildman–Crippen MR) is 121 cm³/mol. The van der Waals surface area contributed by atoms with Gasteiger partial charge in [0, 0.05) is 17.5 Å². The molecule has 0 saturated carbocycles. The average molecular weight is 438 g/mol. The fourth-order valence-electron chi connectivity index (χ4n) is 3.35. The third-order valence-corrected chi connectivity index (χ3v) is 5.15. The Balaban J connectivity index is 1.80. The molecule has 0 unspecified atom stereocenters. The Morgan fingerprint density at radius 2 is 1.84 bits per heavy atom. The van der Waals surface area contributed by atoms with E-state index < -0.39 is 11.5 Å². The molecule has 0 aliphatic heterocycles. The zero-order valence-corrected chi connectivity index (χ0v) is 17.7. The van der Waals surface area contributed by atoms with Crippen LogP contribution < -0.4 is 16.3 Å². The summed E-state index contributed by atoms with van der Waals surface area (Å²) in [5.41, 5.74) is 1.37. The van der Waals surface area contributed by atoms with E-state index in [0.29, 0.717) is 45.2 Å². The number of para-hydroxylation sites is 1. The molecule has 31 heavy (non-hydrogen) atoms. The van der Waals surface area contributed by atoms with Gasteiger partial charge in [0.05, 0.1) is 10.7 Å². The summed E-state index contributed by atoms with van der Waals surface area (Å²) >= 11 is 6.29. The SMILES string of the molecule is CCCNc1c(NC(=O)c2c(-c3ccccc3Cl)noc2C)c(=O)oc2ccccc12. The maximum absolute atomic E-state index is 13.3. The first-order valence-electron chi connectivity index (χ1n) is 9.83. The number of benzene rings is 2. The number of fused-ring (bicyclic) bond motifs is 1. The van der Waals surface area contributed by atoms with Gasteiger partial charge in [-0.15, -0.1) is 0 Å². The molecule has 0 radical (unpaired) electrons. The van der Waals surface area contributed by atoms with Crippen LogP contribution in [0, 0.1) is 6.92 Å². The van der Waals surface area contributed by atoms with Crippen LogP contribution in [0.5, 0.6) is 0 Å². The zero-order chi connectivity index (χ0) is 22.0. The first kappa shape index (κ1) is 20.7. The lowest BCUT2D eigenvalue weighted by Gasteiger charge is -2.14. The highest BCUT2D eigenvalue weighted by Gasteiger charge is 2.25. The molecule has 7 nitrogen and oxygen atoms in total. The van der Waals surface area contributed by atoms with Crippen LogP contribution in [0.3, 0.4) is 0 Å². The Kier molecular flexibility index (Phi) is 5.77. The van der Waals surface area contributed by atoms with Crippen molar-refractivity contribution in [3.05, 3.63) is 75.3 Å². The number of nitrogens with zero attached hydrogens (tertiary/aromatic N) is 1. The lowest BCUT2D eigenvalue weighted by atomic mass is 10.1. The van der Waals surface area contributed by atoms with Crippen molar-refractivity contribution in [2.45, 2.75) is 20.3 Å². The van der Waals surface area contributed by atoms with Crippen molar-refractivity contribution < 1.29 is 13.7 Å². The second-order valence-corrected chi connectivity index (χ2v) is 7.37. The van der Waals surface area contributed by atoms with Crippen LogP contribution in [-0.2, 0) is 0 Å². The number of aromatic nitrogens is 1. The van der Waals surface area contributed by atoms with Crippen molar-refractivity contribution >= 4 is 39.9 Å². The van der Waals surface area contributed by atoms with Crippen LogP contribution >= 0.6 is 11.6 Å². The van der Waals surface area contributed by atoms with E-state index in [1.54, 1.807) is 43.3 Å². The number of hydrogen-bond donors (Lipinski definition) is 2. The molecule has 1 amide bonds. The van der Waals surface area contributed by atoms with Crippen LogP contribution in [0.15, 0.2) is 62.3 Å². The van der Waals surface area contributed by atoms with Gasteiger partial charge in [-0.1, -0.05) is 54.0 Å². The summed E-state index contributed by atoms with van der Waals surface area (Å²) in [5, 5.41) is 11.1. The number of hydrogen-bond acceptors (Lipinski definition) is 6. The highest BCUT2D eigenvalue weighted by Crippen LogP contribution is 2.33. The lowest BCUT2D eigenvalue weighted by Crippen LogP contribution is -2.21. The van der Waals surface area contributed by atoms with E-state index in [9.17, 15) is 9.59 Å². The number of halogens is 1. The summed E-state index contributed by atoms with van der Waals surface area (Å²) in [6.07, 6.45) is 0.837. The molecule has 0 saturated heterocycles. The maximum Gasteiger partial charge on any atom is 0.362 e. The molecule has 2 heterocycles. The summed E-state index contributed by atoms with van der Waals surface area (Å²) in [4.78, 5) is 26.0. The van der Waals surface area contributed by atoms with E-state index >= 15 is 0 Å². The van der Waals surface area contributed by atoms with Crippen molar-refractivity contribution in [3.8, 4) is 11.3 Å². The average Bonchev–Trinajstić information content (AvgIpc) is 3.15. The van der Waals surface area contributed by atoms with Gasteiger partial charge < -0.3 is 19.6 Å². The van der Waals surface area contributed by atoms with E-state index in [2.05, 4.69) is 15.8 Å². The Morgan fingerprint density at radius 3 is 2.61 bits per heavy atom. The summed E-state index contributed by atoms with van der Waals surface area (Å²) in [6.45, 7) is 4.25. The third-order valence-electron chi connectivity index (χ3n) is 4.82. The molecule has 158 valence electrons. The third kappa shape index (κ3) is 3.92. The second kappa shape index (κ2) is 8.65. The molecule has 2 aromatic heterocycles. The van der Waals surface area contributed by atoms with E-state index in [0.717, 1.165) is 6.42 Å². The van der Waals surface area contributed by atoms with Crippen LogP contribution in [0.4, 0.5) is 11.4 Å². The van der Waals surface area contributed by atoms with Gasteiger partial charge in [0.25, 0.3) is 5.91 Å². The first-order chi connectivity index (χ1) is 15.0. The van der Waals surface area contributed by atoms with Gasteiger partial charge in [-0.2, -0.15) is 0 Å². The zero-order valence-electron chi connectivity index (χ0n) is 17.0. The first-order valence-corrected chi connectivity index (χ1v) is 10.2. The fourth-order valence-corrected chi connectivity index (χ4v) is 3.57. The molecule has 0 aliphatic carbocycles. The van der Waals surface area contributed by atoms with Crippen molar-refractivity contribution in [2.75, 3.05) is 17.2 Å². The molecule has 2 N–H and O–H groups in total. The van der Waals surface area contributed by atoms with E-state index in [1.807, 2.05) is 19.1 Å². The van der Waals surface area contributed by atoms with E-state index in [1.165, 1.54) is 0 Å². The van der Waals surface area contributed by atoms with Gasteiger partial charge in [-0.25, -0.2) is 4.79 Å². The van der Waals surface area contributed by atoms with E-state index in [4.69, 9.17) is 20.5 Å². The molecule has 2 aromatic carbocycles. The molecule has 0 atom stereocenters. The van der Waals surface area contributed by atoms with Gasteiger partial charge in [-0.3, -0.25) is 4.79 Å². The number of rotatable bonds is 6. The minimum absolute atomic E-state index is 0.0304. The standard InChI is InChI=1S/C23H20ClN3O4/c1-3-12-25-20-15-9-5-7-11-17(15)30-23(29)21(20)26-22(28)18-13(2)31-27-19(18)14-8-4-6-10-16(14)24/h4-11,25H,3,12H2,1-2H3,(H,26,28). The van der Waals surface area contributed by atoms with Crippen molar-refractivity contribution in [1.29, 1.82) is 0 Å². The van der Waals surface area contributed by atoms with Gasteiger partial charge >= 0.3 is 5.63 Å². The highest BCUT2D eigenvalue weighted by atomic mass is 35.5. The summed E-state index contributed by atoms with van der Waals surface area (Å²) in [6, 6.07) is 14.2. The number of nitrogens with one attached hydrogen (secondary N) is 2. The molecular weight excluding hydrogens is 418 g/mol. The number of aryl methyl sites for hydroxylation is 1. The minimum Gasteiger partial charge on any atom is -0.421 e. The summed E-state index contributed by atoms with van der Waals surface area (Å²) in [5.74, 6) is -0.239. The lowest BCUT2D eigenvalue weighted by molar-refractivity contribution is 0.102. The minimum atomic E-state index is -0.654. The molecule has 0 fully saturated rings. The van der Waals surface area contributed by atoms with Gasteiger partial charge in [-0.05, 0) is 31.5 Å². The largest absolute Gasteiger partial charge is 0.421 e. The van der Waals surface area contributed by atoms with Crippen LogP contribution in [0.2, 0.25) is 5.02 Å². The van der Waals surface area contributed by atoms with Gasteiger partial charge in [0.2, 0.25) is 0 Å². The quantitative estimate of drug-likeness (QED) is 0.387. The normalized spacial score (nSPS) is 10.9. The fraction of sp³-hybridized carbons (Fsp3) is 0.174. The molecule has 4 aromatic rings. The molecule has 0 aliphatic rings. The summed E-state index contributed by atoms with van der Waals surface area (Å²) < 4.78 is 10.7. The molecular formula is C23H20ClN3O4. The van der Waals surface area contributed by atoms with Crippen molar-refractivity contribution in [1.82, 2.24) is 5.16 Å². The number of carbonyl (C=O) groups excluding carboxylic acids is 1. The molecule has 4 rings (SSSR count). The van der Waals surface area contributed by atoms with Crippen LogP contribution in [0.25, 0.3) is 22.2 Å². The molecule has 0 spiro atoms. The number of anilines is 2. The van der Waals surface area contributed by atoms with Gasteiger partial charge in [0.15, 0.2) is 5.69 Å². The predicted octanol–water partition coefficient (Wildman–Crippen LogP) is 5.48. The number of amides is 1. The highest BCUT2D eigenvalue weighted by molar-refractivity contribution is 6.33. The maximum atomic E-state index is 13.3. The topological polar surface area (TPSA) is 97.4 Å². The van der Waals surface area contributed by atoms with Crippen LogP contribution in [0.1, 0.15) is 29.5 Å². The Bertz CT molecular complexity index is 1330. The Labute approximate surface area is 183 Å². The van der Waals surface area contributed by atoms with Gasteiger partial charge in [0.1, 0.15) is 22.6 Å². The van der Waals surface area contributed by atoms with E-state index in [-0.39, 0.29) is 11.3 Å².